The highest BCUT2D eigenvalue weighted by Gasteiger charge is 2.20. The zero-order valence-corrected chi connectivity index (χ0v) is 12.4. The topological polar surface area (TPSA) is 78.1 Å². The van der Waals surface area contributed by atoms with Crippen molar-refractivity contribution in [1.29, 1.82) is 0 Å². The molecule has 2 aromatic rings. The first-order chi connectivity index (χ1) is 8.90. The molecule has 2 heterocycles. The van der Waals surface area contributed by atoms with Crippen molar-refractivity contribution in [1.82, 2.24) is 9.97 Å². The minimum atomic E-state index is -0.357. The van der Waals surface area contributed by atoms with Crippen LogP contribution in [0.5, 0.6) is 0 Å². The molecule has 0 aromatic carbocycles. The molecule has 0 fully saturated rings. The Kier molecular flexibility index (Phi) is 3.91. The van der Waals surface area contributed by atoms with Gasteiger partial charge in [-0.3, -0.25) is 0 Å². The maximum Gasteiger partial charge on any atom is 0.348 e. The van der Waals surface area contributed by atoms with Crippen molar-refractivity contribution in [3.8, 4) is 0 Å². The molecule has 2 rings (SSSR count). The number of anilines is 1. The van der Waals surface area contributed by atoms with Crippen molar-refractivity contribution in [3.05, 3.63) is 15.7 Å². The van der Waals surface area contributed by atoms with Crippen molar-refractivity contribution >= 4 is 44.9 Å². The smallest absolute Gasteiger partial charge is 0.348 e. The van der Waals surface area contributed by atoms with Crippen LogP contribution in [0.4, 0.5) is 5.82 Å². The maximum atomic E-state index is 12.0. The van der Waals surface area contributed by atoms with E-state index in [1.165, 1.54) is 11.3 Å². The van der Waals surface area contributed by atoms with Crippen LogP contribution < -0.4 is 5.73 Å². The lowest BCUT2D eigenvalue weighted by Gasteiger charge is -2.06. The van der Waals surface area contributed by atoms with Crippen LogP contribution in [0, 0.1) is 12.8 Å². The molecule has 0 atom stereocenters. The Morgan fingerprint density at radius 1 is 1.47 bits per heavy atom. The number of halogens is 1. The van der Waals surface area contributed by atoms with Crippen molar-refractivity contribution in [3.63, 3.8) is 0 Å². The molecular formula is C12H14ClN3O2S. The van der Waals surface area contributed by atoms with E-state index >= 15 is 0 Å². The molecule has 19 heavy (non-hydrogen) atoms. The molecule has 0 unspecified atom stereocenters. The Bertz CT molecular complexity index is 639. The number of ether oxygens (including phenoxy) is 1. The minimum Gasteiger partial charge on any atom is -0.461 e. The molecular weight excluding hydrogens is 286 g/mol. The first-order valence-electron chi connectivity index (χ1n) is 5.79. The van der Waals surface area contributed by atoms with E-state index in [2.05, 4.69) is 9.97 Å². The van der Waals surface area contributed by atoms with E-state index in [0.717, 1.165) is 5.56 Å². The van der Waals surface area contributed by atoms with Gasteiger partial charge >= 0.3 is 5.97 Å². The summed E-state index contributed by atoms with van der Waals surface area (Å²) in [6.45, 7) is 6.15. The Morgan fingerprint density at radius 2 is 2.16 bits per heavy atom. The van der Waals surface area contributed by atoms with Crippen molar-refractivity contribution in [2.45, 2.75) is 20.8 Å². The average Bonchev–Trinajstić information content (AvgIpc) is 2.63. The molecule has 7 heteroatoms. The van der Waals surface area contributed by atoms with E-state index in [1.54, 1.807) is 6.92 Å². The number of nitrogens with two attached hydrogens (primary N) is 1. The molecule has 0 radical (unpaired) electrons. The molecule has 2 N–H and O–H groups in total. The second kappa shape index (κ2) is 5.30. The van der Waals surface area contributed by atoms with Gasteiger partial charge in [-0.05, 0) is 30.0 Å². The number of rotatable bonds is 3. The number of carbonyl (C=O) groups is 1. The molecule has 0 aliphatic carbocycles. The SMILES string of the molecule is Cc1c(C(=O)OCC(C)C)sc2nc(Cl)nc(N)c12. The van der Waals surface area contributed by atoms with Gasteiger partial charge in [0.25, 0.3) is 0 Å². The fraction of sp³-hybridized carbons (Fsp3) is 0.417. The third-order valence-electron chi connectivity index (χ3n) is 2.52. The molecule has 2 aromatic heterocycles. The molecule has 102 valence electrons. The van der Waals surface area contributed by atoms with Crippen LogP contribution >= 0.6 is 22.9 Å². The summed E-state index contributed by atoms with van der Waals surface area (Å²) in [4.78, 5) is 21.1. The summed E-state index contributed by atoms with van der Waals surface area (Å²) in [6.07, 6.45) is 0. The Hall–Kier alpha value is -1.40. The predicted octanol–water partition coefficient (Wildman–Crippen LogP) is 3.05. The molecule has 0 saturated heterocycles. The number of aromatic nitrogens is 2. The Labute approximate surface area is 119 Å². The summed E-state index contributed by atoms with van der Waals surface area (Å²) < 4.78 is 5.22. The van der Waals surface area contributed by atoms with E-state index in [1.807, 2.05) is 13.8 Å². The van der Waals surface area contributed by atoms with E-state index in [9.17, 15) is 4.79 Å². The monoisotopic (exact) mass is 299 g/mol. The molecule has 0 bridgehead atoms. The van der Waals surface area contributed by atoms with Gasteiger partial charge in [-0.25, -0.2) is 14.8 Å². The van der Waals surface area contributed by atoms with Crippen LogP contribution in [0.15, 0.2) is 0 Å². The fourth-order valence-electron chi connectivity index (χ4n) is 1.65. The van der Waals surface area contributed by atoms with Crippen LogP contribution in [0.1, 0.15) is 29.1 Å². The highest BCUT2D eigenvalue weighted by atomic mass is 35.5. The number of nitrogens with zero attached hydrogens (tertiary/aromatic N) is 2. The summed E-state index contributed by atoms with van der Waals surface area (Å²) in [5, 5.41) is 0.749. The summed E-state index contributed by atoms with van der Waals surface area (Å²) >= 11 is 6.98. The van der Waals surface area contributed by atoms with Gasteiger partial charge in [0.15, 0.2) is 0 Å². The highest BCUT2D eigenvalue weighted by Crippen LogP contribution is 2.33. The van der Waals surface area contributed by atoms with Gasteiger partial charge in [-0.15, -0.1) is 11.3 Å². The number of carbonyl (C=O) groups excluding carboxylic acids is 1. The number of hydrogen-bond acceptors (Lipinski definition) is 6. The molecule has 0 aliphatic heterocycles. The average molecular weight is 300 g/mol. The molecule has 0 amide bonds. The number of hydrogen-bond donors (Lipinski definition) is 1. The number of thiophene rings is 1. The molecule has 0 spiro atoms. The molecule has 0 aliphatic rings. The summed E-state index contributed by atoms with van der Waals surface area (Å²) in [5.41, 5.74) is 6.55. The first-order valence-corrected chi connectivity index (χ1v) is 6.98. The quantitative estimate of drug-likeness (QED) is 0.696. The zero-order valence-electron chi connectivity index (χ0n) is 10.9. The second-order valence-electron chi connectivity index (χ2n) is 4.61. The fourth-order valence-corrected chi connectivity index (χ4v) is 2.95. The van der Waals surface area contributed by atoms with Gasteiger partial charge in [-0.1, -0.05) is 13.8 Å². The van der Waals surface area contributed by atoms with Crippen LogP contribution in [0.25, 0.3) is 10.2 Å². The second-order valence-corrected chi connectivity index (χ2v) is 5.94. The predicted molar refractivity (Wildman–Crippen MR) is 76.7 cm³/mol. The number of esters is 1. The van der Waals surface area contributed by atoms with Crippen molar-refractivity contribution < 1.29 is 9.53 Å². The Balaban J connectivity index is 2.42. The lowest BCUT2D eigenvalue weighted by molar-refractivity contribution is 0.0464. The van der Waals surface area contributed by atoms with Gasteiger partial charge < -0.3 is 10.5 Å². The summed E-state index contributed by atoms with van der Waals surface area (Å²) in [6, 6.07) is 0. The van der Waals surface area contributed by atoms with E-state index < -0.39 is 0 Å². The Morgan fingerprint density at radius 3 is 2.79 bits per heavy atom. The van der Waals surface area contributed by atoms with Gasteiger partial charge in [0, 0.05) is 0 Å². The van der Waals surface area contributed by atoms with Gasteiger partial charge in [0.05, 0.1) is 12.0 Å². The molecule has 0 saturated carbocycles. The largest absolute Gasteiger partial charge is 0.461 e. The summed E-state index contributed by atoms with van der Waals surface area (Å²) in [7, 11) is 0. The van der Waals surface area contributed by atoms with E-state index in [0.29, 0.717) is 21.7 Å². The number of nitrogen functional groups attached to an aromatic ring is 1. The minimum absolute atomic E-state index is 0.0772. The molecule has 5 nitrogen and oxygen atoms in total. The standard InChI is InChI=1S/C12H14ClN3O2S/c1-5(2)4-18-11(17)8-6(3)7-9(14)15-12(13)16-10(7)19-8/h5H,4H2,1-3H3,(H2,14,15,16). The number of fused-ring (bicyclic) bond motifs is 1. The number of aryl methyl sites for hydroxylation is 1. The van der Waals surface area contributed by atoms with E-state index in [4.69, 9.17) is 22.1 Å². The maximum absolute atomic E-state index is 12.0. The highest BCUT2D eigenvalue weighted by molar-refractivity contribution is 7.20. The van der Waals surface area contributed by atoms with Crippen LogP contribution in [-0.2, 0) is 4.74 Å². The third kappa shape index (κ3) is 2.79. The zero-order chi connectivity index (χ0) is 14.2. The van der Waals surface area contributed by atoms with Crippen LogP contribution in [0.2, 0.25) is 5.28 Å². The van der Waals surface area contributed by atoms with Crippen molar-refractivity contribution in [2.24, 2.45) is 5.92 Å². The van der Waals surface area contributed by atoms with Crippen molar-refractivity contribution in [2.75, 3.05) is 12.3 Å². The van der Waals surface area contributed by atoms with Gasteiger partial charge in [-0.2, -0.15) is 0 Å². The lowest BCUT2D eigenvalue weighted by atomic mass is 10.2. The summed E-state index contributed by atoms with van der Waals surface area (Å²) in [5.74, 6) is 0.217. The van der Waals surface area contributed by atoms with E-state index in [-0.39, 0.29) is 23.0 Å². The van der Waals surface area contributed by atoms with Gasteiger partial charge in [0.1, 0.15) is 15.5 Å². The third-order valence-corrected chi connectivity index (χ3v) is 3.86. The lowest BCUT2D eigenvalue weighted by Crippen LogP contribution is -2.09. The first kappa shape index (κ1) is 14.0. The van der Waals surface area contributed by atoms with Gasteiger partial charge in [0.2, 0.25) is 5.28 Å². The van der Waals surface area contributed by atoms with Crippen LogP contribution in [0.3, 0.4) is 0 Å². The normalized spacial score (nSPS) is 11.2. The van der Waals surface area contributed by atoms with Crippen LogP contribution in [-0.4, -0.2) is 22.5 Å².